The van der Waals surface area contributed by atoms with Gasteiger partial charge in [-0.05, 0) is 41.4 Å². The molecule has 130 valence electrons. The zero-order valence-electron chi connectivity index (χ0n) is 14.1. The molecule has 0 saturated carbocycles. The van der Waals surface area contributed by atoms with E-state index in [0.717, 1.165) is 33.2 Å². The second kappa shape index (κ2) is 5.59. The van der Waals surface area contributed by atoms with Gasteiger partial charge >= 0.3 is 0 Å². The highest BCUT2D eigenvalue weighted by molar-refractivity contribution is 7.20. The van der Waals surface area contributed by atoms with Crippen molar-refractivity contribution in [1.82, 2.24) is 0 Å². The van der Waals surface area contributed by atoms with Crippen molar-refractivity contribution in [2.24, 2.45) is 4.99 Å². The summed E-state index contributed by atoms with van der Waals surface area (Å²) in [6.45, 7) is 0. The number of thiophene rings is 1. The van der Waals surface area contributed by atoms with Gasteiger partial charge in [-0.25, -0.2) is 4.99 Å². The van der Waals surface area contributed by atoms with Crippen LogP contribution in [0.5, 0.6) is 0 Å². The fourth-order valence-corrected chi connectivity index (χ4v) is 5.25. The number of anilines is 1. The van der Waals surface area contributed by atoms with E-state index in [0.29, 0.717) is 5.29 Å². The summed E-state index contributed by atoms with van der Waals surface area (Å²) >= 11 is 8.13. The van der Waals surface area contributed by atoms with E-state index in [1.165, 1.54) is 15.0 Å². The van der Waals surface area contributed by atoms with Crippen LogP contribution in [-0.2, 0) is 0 Å². The van der Waals surface area contributed by atoms with Crippen LogP contribution in [0.15, 0.2) is 76.1 Å². The maximum Gasteiger partial charge on any atom is 0.196 e. The Balaban J connectivity index is 1.60. The highest BCUT2D eigenvalue weighted by atomic mass is 35.5. The van der Waals surface area contributed by atoms with Gasteiger partial charge in [-0.2, -0.15) is 0 Å². The summed E-state index contributed by atoms with van der Waals surface area (Å²) in [4.78, 5) is 5.90. The van der Waals surface area contributed by atoms with Crippen molar-refractivity contribution in [2.75, 3.05) is 5.32 Å². The molecule has 1 N–H and O–H groups in total. The van der Waals surface area contributed by atoms with Crippen LogP contribution in [0.1, 0.15) is 16.5 Å². The molecule has 2 aromatic heterocycles. The second-order valence-electron chi connectivity index (χ2n) is 6.64. The Morgan fingerprint density at radius 1 is 0.889 bits per heavy atom. The lowest BCUT2D eigenvalue weighted by molar-refractivity contribution is 0.668. The van der Waals surface area contributed by atoms with Gasteiger partial charge in [-0.3, -0.25) is 0 Å². The van der Waals surface area contributed by atoms with E-state index in [-0.39, 0.29) is 6.04 Å². The number of rotatable bonds is 1. The van der Waals surface area contributed by atoms with Crippen LogP contribution in [-0.4, -0.2) is 5.29 Å². The normalized spacial score (nSPS) is 16.5. The number of fused-ring (bicyclic) bond motifs is 6. The topological polar surface area (TPSA) is 37.5 Å². The van der Waals surface area contributed by atoms with Crippen molar-refractivity contribution in [3.63, 3.8) is 0 Å². The molecule has 3 nitrogen and oxygen atoms in total. The van der Waals surface area contributed by atoms with Gasteiger partial charge in [-0.15, -0.1) is 11.3 Å². The largest absolute Gasteiger partial charge is 0.456 e. The number of nitrogens with zero attached hydrogens (tertiary/aromatic N) is 1. The first-order valence-corrected chi connectivity index (χ1v) is 9.90. The molecule has 6 rings (SSSR count). The fourth-order valence-electron chi connectivity index (χ4n) is 3.83. The van der Waals surface area contributed by atoms with Gasteiger partial charge in [0.1, 0.15) is 17.2 Å². The lowest BCUT2D eigenvalue weighted by atomic mass is 10.0. The number of hydrogen-bond acceptors (Lipinski definition) is 4. The van der Waals surface area contributed by atoms with E-state index in [1.807, 2.05) is 24.3 Å². The number of furan rings is 1. The summed E-state index contributed by atoms with van der Waals surface area (Å²) in [6, 6.07) is 22.7. The number of hydrogen-bond donors (Lipinski definition) is 1. The summed E-state index contributed by atoms with van der Waals surface area (Å²) in [7, 11) is 0. The molecular weight excluding hydrogens is 376 g/mol. The Morgan fingerprint density at radius 3 is 2.59 bits per heavy atom. The zero-order chi connectivity index (χ0) is 18.0. The van der Waals surface area contributed by atoms with Crippen molar-refractivity contribution in [2.45, 2.75) is 6.04 Å². The summed E-state index contributed by atoms with van der Waals surface area (Å²) in [6.07, 6.45) is 0. The molecule has 0 bridgehead atoms. The quantitative estimate of drug-likeness (QED) is 0.317. The third-order valence-corrected chi connectivity index (χ3v) is 6.47. The highest BCUT2D eigenvalue weighted by Gasteiger charge is 2.27. The summed E-state index contributed by atoms with van der Waals surface area (Å²) in [5.41, 5.74) is 3.97. The van der Waals surface area contributed by atoms with E-state index in [2.05, 4.69) is 47.8 Å². The van der Waals surface area contributed by atoms with Gasteiger partial charge in [0, 0.05) is 20.9 Å². The Bertz CT molecular complexity index is 1380. The average Bonchev–Trinajstić information content (AvgIpc) is 3.25. The van der Waals surface area contributed by atoms with E-state index in [9.17, 15) is 0 Å². The summed E-state index contributed by atoms with van der Waals surface area (Å²) in [5, 5.41) is 7.09. The molecule has 3 heterocycles. The van der Waals surface area contributed by atoms with E-state index < -0.39 is 0 Å². The molecule has 3 aromatic carbocycles. The fraction of sp³-hybridized carbons (Fsp3) is 0.0455. The number of benzene rings is 3. The molecule has 0 amide bonds. The minimum atomic E-state index is -0.121. The Kier molecular flexibility index (Phi) is 3.16. The summed E-state index contributed by atoms with van der Waals surface area (Å²) in [5.74, 6) is 0. The van der Waals surface area contributed by atoms with Crippen LogP contribution in [0, 0.1) is 0 Å². The lowest BCUT2D eigenvalue weighted by Crippen LogP contribution is -2.14. The minimum absolute atomic E-state index is 0.121. The van der Waals surface area contributed by atoms with E-state index in [4.69, 9.17) is 21.0 Å². The van der Waals surface area contributed by atoms with Gasteiger partial charge in [0.15, 0.2) is 5.29 Å². The molecule has 1 aliphatic rings. The van der Waals surface area contributed by atoms with Crippen LogP contribution < -0.4 is 5.32 Å². The Labute approximate surface area is 163 Å². The van der Waals surface area contributed by atoms with Crippen molar-refractivity contribution < 1.29 is 4.42 Å². The maximum atomic E-state index is 6.36. The second-order valence-corrected chi connectivity index (χ2v) is 8.08. The lowest BCUT2D eigenvalue weighted by Gasteiger charge is -2.20. The van der Waals surface area contributed by atoms with Crippen molar-refractivity contribution in [1.29, 1.82) is 0 Å². The standard InChI is InChI=1S/C22H13ClN2OS/c23-22-24-19(21-20(25-22)14-6-2-4-8-18(14)27-21)12-9-10-17-15(11-12)13-5-1-3-7-16(13)26-17/h1-11,19H,(H,24,25). The van der Waals surface area contributed by atoms with Gasteiger partial charge in [0.05, 0.1) is 10.6 Å². The molecule has 0 fully saturated rings. The molecule has 0 aliphatic carbocycles. The zero-order valence-corrected chi connectivity index (χ0v) is 15.6. The third kappa shape index (κ3) is 2.24. The van der Waals surface area contributed by atoms with Gasteiger partial charge in [-0.1, -0.05) is 42.5 Å². The van der Waals surface area contributed by atoms with E-state index >= 15 is 0 Å². The SMILES string of the molecule is ClC1=NC(c2ccc3oc4ccccc4c3c2)c2sc3ccccc3c2N1. The van der Waals surface area contributed by atoms with Crippen LogP contribution in [0.2, 0.25) is 0 Å². The van der Waals surface area contributed by atoms with Crippen molar-refractivity contribution in [3.05, 3.63) is 77.2 Å². The monoisotopic (exact) mass is 388 g/mol. The molecular formula is C22H13ClN2OS. The Morgan fingerprint density at radius 2 is 1.67 bits per heavy atom. The summed E-state index contributed by atoms with van der Waals surface area (Å²) < 4.78 is 7.19. The number of halogens is 1. The van der Waals surface area contributed by atoms with Crippen molar-refractivity contribution in [3.8, 4) is 0 Å². The first-order valence-electron chi connectivity index (χ1n) is 8.71. The van der Waals surface area contributed by atoms with Gasteiger partial charge in [0.25, 0.3) is 0 Å². The third-order valence-electron chi connectivity index (χ3n) is 5.06. The molecule has 5 aromatic rings. The maximum absolute atomic E-state index is 6.36. The Hall–Kier alpha value is -2.82. The molecule has 1 atom stereocenters. The highest BCUT2D eigenvalue weighted by Crippen LogP contribution is 2.46. The van der Waals surface area contributed by atoms with Gasteiger partial charge < -0.3 is 9.73 Å². The van der Waals surface area contributed by atoms with Crippen LogP contribution in [0.4, 0.5) is 5.69 Å². The molecule has 1 unspecified atom stereocenters. The number of amidine groups is 1. The predicted octanol–water partition coefficient (Wildman–Crippen LogP) is 6.91. The molecule has 5 heteroatoms. The minimum Gasteiger partial charge on any atom is -0.456 e. The smallest absolute Gasteiger partial charge is 0.196 e. The van der Waals surface area contributed by atoms with Gasteiger partial charge in [0.2, 0.25) is 0 Å². The number of para-hydroxylation sites is 1. The molecule has 0 radical (unpaired) electrons. The molecule has 1 aliphatic heterocycles. The molecule has 0 spiro atoms. The predicted molar refractivity (Wildman–Crippen MR) is 114 cm³/mol. The molecule has 0 saturated heterocycles. The first-order chi connectivity index (χ1) is 13.3. The van der Waals surface area contributed by atoms with E-state index in [1.54, 1.807) is 11.3 Å². The van der Waals surface area contributed by atoms with Crippen LogP contribution >= 0.6 is 22.9 Å². The first kappa shape index (κ1) is 15.3. The van der Waals surface area contributed by atoms with Crippen LogP contribution in [0.3, 0.4) is 0 Å². The molecule has 27 heavy (non-hydrogen) atoms. The number of aliphatic imine (C=N–C) groups is 1. The van der Waals surface area contributed by atoms with Crippen molar-refractivity contribution >= 4 is 65.9 Å². The number of nitrogens with one attached hydrogen (secondary N) is 1. The average molecular weight is 389 g/mol. The van der Waals surface area contributed by atoms with Crippen LogP contribution in [0.25, 0.3) is 32.0 Å².